The average molecular weight is 395 g/mol. The molecule has 1 aromatic heterocycles. The van der Waals surface area contributed by atoms with E-state index < -0.39 is 15.8 Å². The number of halogens is 2. The lowest BCUT2D eigenvalue weighted by Gasteiger charge is -2.13. The molecule has 0 fully saturated rings. The van der Waals surface area contributed by atoms with E-state index in [9.17, 15) is 17.6 Å². The number of pyridine rings is 1. The molecule has 1 N–H and O–H groups in total. The molecule has 3 rings (SSSR count). The Hall–Kier alpha value is -2.38. The van der Waals surface area contributed by atoms with Gasteiger partial charge in [0.05, 0.1) is 5.75 Å². The zero-order valence-corrected chi connectivity index (χ0v) is 15.7. The molecule has 0 unspecified atom stereocenters. The molecule has 2 aromatic carbocycles. The standard InChI is InChI=1S/C18H16ClFN2O3S/c1-3-26(24,25)21-12-5-7-17(19)15(9-12)16-10-22(2)18(23)13-6-4-11(20)8-14(13)16/h4-10,21H,3H2,1-2H3. The van der Waals surface area contributed by atoms with Gasteiger partial charge in [0, 0.05) is 40.5 Å². The van der Waals surface area contributed by atoms with E-state index in [1.807, 2.05) is 0 Å². The van der Waals surface area contributed by atoms with Gasteiger partial charge in [-0.3, -0.25) is 9.52 Å². The van der Waals surface area contributed by atoms with Gasteiger partial charge >= 0.3 is 0 Å². The first-order valence-corrected chi connectivity index (χ1v) is 9.84. The van der Waals surface area contributed by atoms with Crippen LogP contribution in [0.4, 0.5) is 10.1 Å². The molecule has 0 saturated heterocycles. The second kappa shape index (κ2) is 6.74. The third-order valence-corrected chi connectivity index (χ3v) is 5.69. The van der Waals surface area contributed by atoms with Crippen molar-refractivity contribution in [3.63, 3.8) is 0 Å². The van der Waals surface area contributed by atoms with Crippen LogP contribution in [0.3, 0.4) is 0 Å². The molecular formula is C18H16ClFN2O3S. The Balaban J connectivity index is 2.28. The molecule has 0 spiro atoms. The predicted molar refractivity (Wildman–Crippen MR) is 103 cm³/mol. The van der Waals surface area contributed by atoms with Crippen molar-refractivity contribution in [3.8, 4) is 11.1 Å². The third-order valence-electron chi connectivity index (χ3n) is 4.06. The van der Waals surface area contributed by atoms with Crippen LogP contribution in [0.1, 0.15) is 6.92 Å². The van der Waals surface area contributed by atoms with Crippen molar-refractivity contribution < 1.29 is 12.8 Å². The van der Waals surface area contributed by atoms with Gasteiger partial charge in [0.1, 0.15) is 5.82 Å². The lowest BCUT2D eigenvalue weighted by atomic mass is 10.00. The molecule has 0 amide bonds. The minimum absolute atomic E-state index is 0.0705. The van der Waals surface area contributed by atoms with Crippen LogP contribution in [0.5, 0.6) is 0 Å². The van der Waals surface area contributed by atoms with Crippen LogP contribution in [0, 0.1) is 5.82 Å². The summed E-state index contributed by atoms with van der Waals surface area (Å²) in [5.41, 5.74) is 1.10. The monoisotopic (exact) mass is 394 g/mol. The smallest absolute Gasteiger partial charge is 0.258 e. The average Bonchev–Trinajstić information content (AvgIpc) is 2.59. The Kier molecular flexibility index (Phi) is 4.77. The molecule has 8 heteroatoms. The summed E-state index contributed by atoms with van der Waals surface area (Å²) in [7, 11) is -1.87. The molecule has 136 valence electrons. The quantitative estimate of drug-likeness (QED) is 0.732. The fourth-order valence-corrected chi connectivity index (χ4v) is 3.55. The van der Waals surface area contributed by atoms with Gasteiger partial charge in [-0.2, -0.15) is 0 Å². The van der Waals surface area contributed by atoms with E-state index in [-0.39, 0.29) is 11.3 Å². The number of hydrogen-bond donors (Lipinski definition) is 1. The summed E-state index contributed by atoms with van der Waals surface area (Å²) in [5.74, 6) is -0.551. The van der Waals surface area contributed by atoms with E-state index >= 15 is 0 Å². The molecular weight excluding hydrogens is 379 g/mol. The summed E-state index contributed by atoms with van der Waals surface area (Å²) in [4.78, 5) is 12.3. The van der Waals surface area contributed by atoms with Crippen LogP contribution < -0.4 is 10.3 Å². The summed E-state index contributed by atoms with van der Waals surface area (Å²) < 4.78 is 41.3. The minimum Gasteiger partial charge on any atom is -0.317 e. The Morgan fingerprint density at radius 1 is 1.12 bits per heavy atom. The Morgan fingerprint density at radius 3 is 2.54 bits per heavy atom. The molecule has 0 aliphatic heterocycles. The van der Waals surface area contributed by atoms with Gasteiger partial charge in [0.15, 0.2) is 0 Å². The SMILES string of the molecule is CCS(=O)(=O)Nc1ccc(Cl)c(-c2cn(C)c(=O)c3ccc(F)cc23)c1. The van der Waals surface area contributed by atoms with Crippen molar-refractivity contribution in [1.82, 2.24) is 4.57 Å². The van der Waals surface area contributed by atoms with E-state index in [0.717, 1.165) is 0 Å². The fraction of sp³-hybridized carbons (Fsp3) is 0.167. The van der Waals surface area contributed by atoms with Crippen molar-refractivity contribution in [1.29, 1.82) is 0 Å². The second-order valence-electron chi connectivity index (χ2n) is 5.85. The number of nitrogens with zero attached hydrogens (tertiary/aromatic N) is 1. The van der Waals surface area contributed by atoms with Crippen LogP contribution in [-0.4, -0.2) is 18.7 Å². The third kappa shape index (κ3) is 3.45. The Bertz CT molecular complexity index is 1170. The summed E-state index contributed by atoms with van der Waals surface area (Å²) in [5, 5.41) is 1.11. The first-order chi connectivity index (χ1) is 12.2. The number of aromatic nitrogens is 1. The zero-order chi connectivity index (χ0) is 19.1. The van der Waals surface area contributed by atoms with Gasteiger partial charge in [-0.1, -0.05) is 11.6 Å². The molecule has 0 aliphatic rings. The minimum atomic E-state index is -3.46. The first-order valence-electron chi connectivity index (χ1n) is 7.81. The molecule has 0 aliphatic carbocycles. The lowest BCUT2D eigenvalue weighted by Crippen LogP contribution is -2.17. The van der Waals surface area contributed by atoms with Crippen molar-refractivity contribution in [2.24, 2.45) is 7.05 Å². The summed E-state index contributed by atoms with van der Waals surface area (Å²) >= 11 is 6.31. The summed E-state index contributed by atoms with van der Waals surface area (Å²) in [6.07, 6.45) is 1.56. The van der Waals surface area contributed by atoms with Gasteiger partial charge in [-0.15, -0.1) is 0 Å². The zero-order valence-electron chi connectivity index (χ0n) is 14.1. The molecule has 1 heterocycles. The molecule has 0 saturated carbocycles. The molecule has 0 bridgehead atoms. The van der Waals surface area contributed by atoms with Crippen molar-refractivity contribution in [2.45, 2.75) is 6.92 Å². The van der Waals surface area contributed by atoms with Gasteiger partial charge in [0.25, 0.3) is 5.56 Å². The highest BCUT2D eigenvalue weighted by Crippen LogP contribution is 2.34. The van der Waals surface area contributed by atoms with Crippen LogP contribution in [0.2, 0.25) is 5.02 Å². The number of aryl methyl sites for hydroxylation is 1. The normalized spacial score (nSPS) is 11.7. The fourth-order valence-electron chi connectivity index (χ4n) is 2.70. The highest BCUT2D eigenvalue weighted by atomic mass is 35.5. The van der Waals surface area contributed by atoms with Crippen LogP contribution in [0.25, 0.3) is 21.9 Å². The van der Waals surface area contributed by atoms with Gasteiger partial charge in [-0.25, -0.2) is 12.8 Å². The second-order valence-corrected chi connectivity index (χ2v) is 8.27. The molecule has 0 atom stereocenters. The van der Waals surface area contributed by atoms with E-state index in [1.165, 1.54) is 29.7 Å². The van der Waals surface area contributed by atoms with Crippen LogP contribution in [0.15, 0.2) is 47.4 Å². The molecule has 26 heavy (non-hydrogen) atoms. The predicted octanol–water partition coefficient (Wildman–Crippen LogP) is 3.76. The van der Waals surface area contributed by atoms with E-state index in [0.29, 0.717) is 32.6 Å². The molecule has 3 aromatic rings. The summed E-state index contributed by atoms with van der Waals surface area (Å²) in [6, 6.07) is 8.59. The number of fused-ring (bicyclic) bond motifs is 1. The van der Waals surface area contributed by atoms with E-state index in [4.69, 9.17) is 11.6 Å². The highest BCUT2D eigenvalue weighted by molar-refractivity contribution is 7.92. The Labute approximate surface area is 155 Å². The van der Waals surface area contributed by atoms with Crippen LogP contribution >= 0.6 is 11.6 Å². The van der Waals surface area contributed by atoms with E-state index in [2.05, 4.69) is 4.72 Å². The molecule has 5 nitrogen and oxygen atoms in total. The Morgan fingerprint density at radius 2 is 1.85 bits per heavy atom. The number of nitrogens with one attached hydrogen (secondary N) is 1. The van der Waals surface area contributed by atoms with Crippen molar-refractivity contribution in [2.75, 3.05) is 10.5 Å². The maximum atomic E-state index is 13.8. The number of hydrogen-bond acceptors (Lipinski definition) is 3. The maximum absolute atomic E-state index is 13.8. The van der Waals surface area contributed by atoms with Crippen LogP contribution in [-0.2, 0) is 17.1 Å². The summed E-state index contributed by atoms with van der Waals surface area (Å²) in [6.45, 7) is 1.53. The van der Waals surface area contributed by atoms with Crippen molar-refractivity contribution in [3.05, 3.63) is 63.8 Å². The maximum Gasteiger partial charge on any atom is 0.258 e. The number of anilines is 1. The highest BCUT2D eigenvalue weighted by Gasteiger charge is 2.15. The van der Waals surface area contributed by atoms with Gasteiger partial charge in [0.2, 0.25) is 10.0 Å². The van der Waals surface area contributed by atoms with Gasteiger partial charge in [-0.05, 0) is 48.7 Å². The topological polar surface area (TPSA) is 68.2 Å². The first kappa shape index (κ1) is 18.4. The number of sulfonamides is 1. The molecule has 0 radical (unpaired) electrons. The largest absolute Gasteiger partial charge is 0.317 e. The van der Waals surface area contributed by atoms with E-state index in [1.54, 1.807) is 31.4 Å². The lowest BCUT2D eigenvalue weighted by molar-refractivity contribution is 0.602. The van der Waals surface area contributed by atoms with Crippen molar-refractivity contribution >= 4 is 38.1 Å². The number of rotatable bonds is 4. The van der Waals surface area contributed by atoms with Gasteiger partial charge < -0.3 is 4.57 Å². The number of benzene rings is 2.